The number of carbonyl (C=O) groups is 1. The molecule has 1 saturated heterocycles. The fourth-order valence-electron chi connectivity index (χ4n) is 3.39. The largest absolute Gasteiger partial charge is 0.351 e. The van der Waals surface area contributed by atoms with Crippen LogP contribution in [0.1, 0.15) is 37.3 Å². The molecule has 5 nitrogen and oxygen atoms in total. The second-order valence-electron chi connectivity index (χ2n) is 6.83. The van der Waals surface area contributed by atoms with Crippen molar-refractivity contribution in [1.82, 2.24) is 9.62 Å². The molecule has 6 heteroatoms. The number of rotatable bonds is 6. The third-order valence-corrected chi connectivity index (χ3v) is 6.93. The summed E-state index contributed by atoms with van der Waals surface area (Å²) >= 11 is 0. The van der Waals surface area contributed by atoms with Gasteiger partial charge in [-0.3, -0.25) is 4.79 Å². The summed E-state index contributed by atoms with van der Waals surface area (Å²) in [5.74, 6) is -0.229. The molecule has 0 radical (unpaired) electrons. The van der Waals surface area contributed by atoms with E-state index in [0.29, 0.717) is 19.5 Å². The van der Waals surface area contributed by atoms with Crippen LogP contribution in [-0.4, -0.2) is 31.2 Å². The SMILES string of the molecule is CCc1ccc(S(=O)(=O)N2CCCC[C@H]2C(=O)NCc2ccccc2)cc1. The van der Waals surface area contributed by atoms with E-state index in [1.165, 1.54) is 4.31 Å². The smallest absolute Gasteiger partial charge is 0.243 e. The summed E-state index contributed by atoms with van der Waals surface area (Å²) < 4.78 is 27.6. The fraction of sp³-hybridized carbons (Fsp3) is 0.381. The van der Waals surface area contributed by atoms with E-state index in [-0.39, 0.29) is 10.8 Å². The molecule has 27 heavy (non-hydrogen) atoms. The number of piperidine rings is 1. The number of sulfonamides is 1. The molecule has 2 aromatic rings. The Balaban J connectivity index is 1.76. The molecule has 0 aromatic heterocycles. The summed E-state index contributed by atoms with van der Waals surface area (Å²) in [6.07, 6.45) is 3.03. The number of nitrogens with one attached hydrogen (secondary N) is 1. The molecule has 0 aliphatic carbocycles. The molecule has 3 rings (SSSR count). The lowest BCUT2D eigenvalue weighted by molar-refractivity contribution is -0.125. The van der Waals surface area contributed by atoms with Gasteiger partial charge in [0.1, 0.15) is 6.04 Å². The molecule has 0 saturated carbocycles. The van der Waals surface area contributed by atoms with Gasteiger partial charge in [-0.05, 0) is 42.5 Å². The van der Waals surface area contributed by atoms with E-state index < -0.39 is 16.1 Å². The van der Waals surface area contributed by atoms with Crippen molar-refractivity contribution in [2.24, 2.45) is 0 Å². The lowest BCUT2D eigenvalue weighted by Crippen LogP contribution is -2.51. The maximum absolute atomic E-state index is 13.1. The standard InChI is InChI=1S/C21H26N2O3S/c1-2-17-11-13-19(14-12-17)27(25,26)23-15-7-6-10-20(23)21(24)22-16-18-8-4-3-5-9-18/h3-5,8-9,11-14,20H,2,6-7,10,15-16H2,1H3,(H,22,24)/t20-/m0/s1. The van der Waals surface area contributed by atoms with Crippen LogP contribution < -0.4 is 5.32 Å². The number of aryl methyl sites for hydroxylation is 1. The summed E-state index contributed by atoms with van der Waals surface area (Å²) in [7, 11) is -3.69. The molecule has 1 heterocycles. The van der Waals surface area contributed by atoms with Crippen LogP contribution in [0.4, 0.5) is 0 Å². The maximum Gasteiger partial charge on any atom is 0.243 e. The summed E-state index contributed by atoms with van der Waals surface area (Å²) in [6.45, 7) is 2.80. The van der Waals surface area contributed by atoms with Crippen molar-refractivity contribution in [1.29, 1.82) is 0 Å². The van der Waals surface area contributed by atoms with Gasteiger partial charge in [0.25, 0.3) is 0 Å². The number of carbonyl (C=O) groups excluding carboxylic acids is 1. The van der Waals surface area contributed by atoms with E-state index in [2.05, 4.69) is 5.32 Å². The summed E-state index contributed by atoms with van der Waals surface area (Å²) in [5.41, 5.74) is 2.08. The first-order valence-corrected chi connectivity index (χ1v) is 10.9. The van der Waals surface area contributed by atoms with Crippen molar-refractivity contribution in [3.05, 3.63) is 65.7 Å². The van der Waals surface area contributed by atoms with Gasteiger partial charge < -0.3 is 5.32 Å². The van der Waals surface area contributed by atoms with Gasteiger partial charge in [0.05, 0.1) is 4.90 Å². The van der Waals surface area contributed by atoms with Crippen molar-refractivity contribution in [2.45, 2.75) is 50.1 Å². The van der Waals surface area contributed by atoms with Gasteiger partial charge in [-0.15, -0.1) is 0 Å². The fourth-order valence-corrected chi connectivity index (χ4v) is 5.05. The molecule has 1 fully saturated rings. The minimum atomic E-state index is -3.69. The zero-order valence-corrected chi connectivity index (χ0v) is 16.4. The average molecular weight is 387 g/mol. The van der Waals surface area contributed by atoms with E-state index in [4.69, 9.17) is 0 Å². The second-order valence-corrected chi connectivity index (χ2v) is 8.72. The monoisotopic (exact) mass is 386 g/mol. The number of hydrogen-bond donors (Lipinski definition) is 1. The van der Waals surface area contributed by atoms with Crippen molar-refractivity contribution >= 4 is 15.9 Å². The molecule has 1 aliphatic rings. The quantitative estimate of drug-likeness (QED) is 0.830. The van der Waals surface area contributed by atoms with E-state index in [1.807, 2.05) is 49.4 Å². The Kier molecular flexibility index (Phi) is 6.29. The average Bonchev–Trinajstić information content (AvgIpc) is 2.72. The molecule has 2 aromatic carbocycles. The van der Waals surface area contributed by atoms with Crippen LogP contribution in [-0.2, 0) is 27.8 Å². The predicted octanol–water partition coefficient (Wildman–Crippen LogP) is 3.11. The molecule has 144 valence electrons. The first-order chi connectivity index (χ1) is 13.0. The predicted molar refractivity (Wildman–Crippen MR) is 106 cm³/mol. The molecule has 0 unspecified atom stereocenters. The first-order valence-electron chi connectivity index (χ1n) is 9.45. The van der Waals surface area contributed by atoms with Crippen molar-refractivity contribution in [3.8, 4) is 0 Å². The maximum atomic E-state index is 13.1. The molecule has 0 bridgehead atoms. The Labute approximate surface area is 161 Å². The topological polar surface area (TPSA) is 66.5 Å². The van der Waals surface area contributed by atoms with E-state index in [9.17, 15) is 13.2 Å². The van der Waals surface area contributed by atoms with Crippen LogP contribution >= 0.6 is 0 Å². The van der Waals surface area contributed by atoms with E-state index >= 15 is 0 Å². The highest BCUT2D eigenvalue weighted by molar-refractivity contribution is 7.89. The molecule has 0 spiro atoms. The normalized spacial score (nSPS) is 18.2. The molecule has 1 atom stereocenters. The van der Waals surface area contributed by atoms with Crippen LogP contribution in [0.5, 0.6) is 0 Å². The van der Waals surface area contributed by atoms with Gasteiger partial charge in [-0.2, -0.15) is 4.31 Å². The second kappa shape index (κ2) is 8.67. The number of nitrogens with zero attached hydrogens (tertiary/aromatic N) is 1. The van der Waals surface area contributed by atoms with Crippen LogP contribution in [0.25, 0.3) is 0 Å². The van der Waals surface area contributed by atoms with Gasteiger partial charge in [0.2, 0.25) is 15.9 Å². The summed E-state index contributed by atoms with van der Waals surface area (Å²) in [5, 5.41) is 2.90. The van der Waals surface area contributed by atoms with Crippen molar-refractivity contribution in [2.75, 3.05) is 6.54 Å². The van der Waals surface area contributed by atoms with E-state index in [1.54, 1.807) is 12.1 Å². The van der Waals surface area contributed by atoms with Crippen molar-refractivity contribution in [3.63, 3.8) is 0 Å². The van der Waals surface area contributed by atoms with Gasteiger partial charge >= 0.3 is 0 Å². The Hall–Kier alpha value is -2.18. The van der Waals surface area contributed by atoms with Gasteiger partial charge in [-0.1, -0.05) is 55.8 Å². The first kappa shape index (κ1) is 19.6. The third kappa shape index (κ3) is 4.57. The summed E-state index contributed by atoms with van der Waals surface area (Å²) in [4.78, 5) is 13.0. The summed E-state index contributed by atoms with van der Waals surface area (Å²) in [6, 6.07) is 15.9. The highest BCUT2D eigenvalue weighted by Crippen LogP contribution is 2.26. The van der Waals surface area contributed by atoms with Crippen molar-refractivity contribution < 1.29 is 13.2 Å². The van der Waals surface area contributed by atoms with Gasteiger partial charge in [0.15, 0.2) is 0 Å². The number of benzene rings is 2. The lowest BCUT2D eigenvalue weighted by atomic mass is 10.0. The molecular weight excluding hydrogens is 360 g/mol. The Morgan fingerprint density at radius 3 is 2.41 bits per heavy atom. The zero-order chi connectivity index (χ0) is 19.3. The van der Waals surface area contributed by atoms with Crippen LogP contribution in [0, 0.1) is 0 Å². The molecular formula is C21H26N2O3S. The highest BCUT2D eigenvalue weighted by Gasteiger charge is 2.37. The lowest BCUT2D eigenvalue weighted by Gasteiger charge is -2.33. The minimum absolute atomic E-state index is 0.229. The minimum Gasteiger partial charge on any atom is -0.351 e. The zero-order valence-electron chi connectivity index (χ0n) is 15.6. The Bertz CT molecular complexity index is 864. The Morgan fingerprint density at radius 1 is 1.04 bits per heavy atom. The number of hydrogen-bond acceptors (Lipinski definition) is 3. The highest BCUT2D eigenvalue weighted by atomic mass is 32.2. The third-order valence-electron chi connectivity index (χ3n) is 5.00. The molecule has 1 aliphatic heterocycles. The number of amides is 1. The molecule has 1 N–H and O–H groups in total. The molecule has 1 amide bonds. The van der Waals surface area contributed by atoms with Crippen LogP contribution in [0.2, 0.25) is 0 Å². The Morgan fingerprint density at radius 2 is 1.74 bits per heavy atom. The van der Waals surface area contributed by atoms with E-state index in [0.717, 1.165) is 30.4 Å². The van der Waals surface area contributed by atoms with Crippen LogP contribution in [0.3, 0.4) is 0 Å². The van der Waals surface area contributed by atoms with Crippen LogP contribution in [0.15, 0.2) is 59.5 Å². The van der Waals surface area contributed by atoms with Gasteiger partial charge in [-0.25, -0.2) is 8.42 Å². The van der Waals surface area contributed by atoms with Gasteiger partial charge in [0, 0.05) is 13.1 Å².